The molecule has 16 nitrogen and oxygen atoms in total. The van der Waals surface area contributed by atoms with Crippen LogP contribution in [0, 0.1) is 0 Å². The van der Waals surface area contributed by atoms with Gasteiger partial charge in [-0.2, -0.15) is 0 Å². The minimum absolute atomic E-state index is 0.00234. The van der Waals surface area contributed by atoms with Gasteiger partial charge in [-0.1, -0.05) is 0 Å². The molecule has 0 aliphatic heterocycles. The van der Waals surface area contributed by atoms with Crippen molar-refractivity contribution < 1.29 is 66.7 Å². The highest BCUT2D eigenvalue weighted by atomic mass is 16.5. The first-order chi connectivity index (χ1) is 20.0. The van der Waals surface area contributed by atoms with Crippen molar-refractivity contribution in [1.82, 2.24) is 4.90 Å². The van der Waals surface area contributed by atoms with E-state index in [1.807, 2.05) is 0 Å². The Kier molecular flexibility index (Phi) is 15.9. The summed E-state index contributed by atoms with van der Waals surface area (Å²) in [5, 5.41) is 0. The fourth-order valence-electron chi connectivity index (χ4n) is 3.37. The molecule has 0 saturated heterocycles. The number of carbonyl (C=O) groups excluding carboxylic acids is 6. The quantitative estimate of drug-likeness (QED) is 0.119. The summed E-state index contributed by atoms with van der Waals surface area (Å²) in [6, 6.07) is 2.43. The van der Waals surface area contributed by atoms with Crippen LogP contribution in [0.5, 0.6) is 5.75 Å². The molecule has 0 heterocycles. The Morgan fingerprint density at radius 2 is 1.02 bits per heavy atom. The highest BCUT2D eigenvalue weighted by Crippen LogP contribution is 2.33. The van der Waals surface area contributed by atoms with Crippen LogP contribution in [0.15, 0.2) is 12.1 Å². The molecule has 0 atom stereocenters. The molecule has 16 heteroatoms. The number of carbonyl (C=O) groups is 6. The second kappa shape index (κ2) is 18.8. The van der Waals surface area contributed by atoms with Gasteiger partial charge in [0, 0.05) is 6.54 Å². The normalized spacial score (nSPS) is 10.4. The zero-order valence-electron chi connectivity index (χ0n) is 24.4. The van der Waals surface area contributed by atoms with Crippen molar-refractivity contribution in [3.05, 3.63) is 23.3 Å². The highest BCUT2D eigenvalue weighted by molar-refractivity contribution is 6.05. The number of rotatable bonds is 18. The first-order valence-corrected chi connectivity index (χ1v) is 12.3. The van der Waals surface area contributed by atoms with Gasteiger partial charge in [0.2, 0.25) is 0 Å². The van der Waals surface area contributed by atoms with E-state index in [0.717, 1.165) is 28.4 Å². The smallest absolute Gasteiger partial charge is 0.338 e. The van der Waals surface area contributed by atoms with E-state index in [0.29, 0.717) is 0 Å². The van der Waals surface area contributed by atoms with Crippen LogP contribution in [0.2, 0.25) is 0 Å². The Morgan fingerprint density at radius 1 is 0.571 bits per heavy atom. The molecule has 42 heavy (non-hydrogen) atoms. The van der Waals surface area contributed by atoms with Crippen LogP contribution in [0.4, 0.5) is 5.69 Å². The number of benzene rings is 1. The van der Waals surface area contributed by atoms with Crippen molar-refractivity contribution in [2.45, 2.75) is 0 Å². The largest absolute Gasteiger partial charge is 0.489 e. The molecule has 0 bridgehead atoms. The molecule has 1 rings (SSSR count). The molecule has 0 aliphatic carbocycles. The van der Waals surface area contributed by atoms with Gasteiger partial charge in [-0.05, 0) is 12.1 Å². The summed E-state index contributed by atoms with van der Waals surface area (Å²) in [7, 11) is 7.00. The maximum Gasteiger partial charge on any atom is 0.338 e. The number of hydrogen-bond acceptors (Lipinski definition) is 16. The Bertz CT molecular complexity index is 1070. The molecule has 0 N–H and O–H groups in total. The molecule has 234 valence electrons. The summed E-state index contributed by atoms with van der Waals surface area (Å²) in [4.78, 5) is 75.2. The minimum Gasteiger partial charge on any atom is -0.489 e. The number of esters is 6. The minimum atomic E-state index is -0.883. The van der Waals surface area contributed by atoms with E-state index in [-0.39, 0.29) is 62.0 Å². The zero-order chi connectivity index (χ0) is 31.7. The van der Waals surface area contributed by atoms with E-state index in [9.17, 15) is 28.8 Å². The van der Waals surface area contributed by atoms with Gasteiger partial charge in [0.25, 0.3) is 0 Å². The van der Waals surface area contributed by atoms with Crippen LogP contribution >= 0.6 is 0 Å². The van der Waals surface area contributed by atoms with Gasteiger partial charge in [-0.25, -0.2) is 9.59 Å². The van der Waals surface area contributed by atoms with Crippen LogP contribution in [-0.2, 0) is 52.3 Å². The van der Waals surface area contributed by atoms with E-state index >= 15 is 0 Å². The standard InChI is InChI=1S/C26H36N2O14/c1-35-21(29)13-27(14-22(30)36-2)7-8-41-9-10-42-20-12-18(26(34)40-6)17(25(33)39-5)11-19(20)28(15-23(31)37-3)16-24(32)38-4/h11-12H,7-10,13-16H2,1-6H3. The van der Waals surface area contributed by atoms with Gasteiger partial charge in [-0.3, -0.25) is 24.1 Å². The van der Waals surface area contributed by atoms with Crippen LogP contribution in [0.1, 0.15) is 20.7 Å². The lowest BCUT2D eigenvalue weighted by molar-refractivity contribution is -0.146. The Hall–Kier alpha value is -4.44. The number of anilines is 1. The molecule has 0 aromatic heterocycles. The third-order valence-corrected chi connectivity index (χ3v) is 5.54. The molecule has 0 radical (unpaired) electrons. The topological polar surface area (TPSA) is 183 Å². The second-order valence-electron chi connectivity index (χ2n) is 8.18. The Labute approximate surface area is 242 Å². The number of nitrogens with zero attached hydrogens (tertiary/aromatic N) is 2. The first kappa shape index (κ1) is 35.6. The average Bonchev–Trinajstić information content (AvgIpc) is 3.00. The Balaban J connectivity index is 3.20. The SMILES string of the molecule is COC(=O)CN(CCOCCOc1cc(C(=O)OC)c(C(=O)OC)cc1N(CC(=O)OC)CC(=O)OC)CC(=O)OC. The second-order valence-corrected chi connectivity index (χ2v) is 8.18. The van der Waals surface area contributed by atoms with E-state index in [1.165, 1.54) is 36.2 Å². The van der Waals surface area contributed by atoms with E-state index < -0.39 is 48.9 Å². The van der Waals surface area contributed by atoms with E-state index in [1.54, 1.807) is 0 Å². The number of ether oxygens (including phenoxy) is 8. The fraction of sp³-hybridized carbons (Fsp3) is 0.538. The lowest BCUT2D eigenvalue weighted by atomic mass is 10.0. The molecule has 1 aromatic rings. The zero-order valence-corrected chi connectivity index (χ0v) is 24.4. The summed E-state index contributed by atoms with van der Waals surface area (Å²) in [6.45, 7) is -1.01. The molecular weight excluding hydrogens is 564 g/mol. The fourth-order valence-corrected chi connectivity index (χ4v) is 3.37. The summed E-state index contributed by atoms with van der Waals surface area (Å²) >= 11 is 0. The maximum atomic E-state index is 12.5. The van der Waals surface area contributed by atoms with Crippen molar-refractivity contribution in [3.63, 3.8) is 0 Å². The third-order valence-electron chi connectivity index (χ3n) is 5.54. The van der Waals surface area contributed by atoms with Crippen LogP contribution in [0.25, 0.3) is 0 Å². The molecule has 0 saturated carbocycles. The maximum absolute atomic E-state index is 12.5. The summed E-state index contributed by atoms with van der Waals surface area (Å²) < 4.78 is 39.7. The van der Waals surface area contributed by atoms with E-state index in [4.69, 9.17) is 28.4 Å². The van der Waals surface area contributed by atoms with E-state index in [2.05, 4.69) is 9.47 Å². The van der Waals surface area contributed by atoms with Gasteiger partial charge in [0.05, 0.1) is 85.8 Å². The highest BCUT2D eigenvalue weighted by Gasteiger charge is 2.27. The van der Waals surface area contributed by atoms with Crippen molar-refractivity contribution in [2.75, 3.05) is 100 Å². The number of methoxy groups -OCH3 is 6. The molecular formula is C26H36N2O14. The van der Waals surface area contributed by atoms with Crippen LogP contribution < -0.4 is 9.64 Å². The lowest BCUT2D eigenvalue weighted by Gasteiger charge is -2.26. The van der Waals surface area contributed by atoms with Gasteiger partial charge in [-0.15, -0.1) is 0 Å². The average molecular weight is 601 g/mol. The predicted octanol–water partition coefficient (Wildman–Crippen LogP) is -0.544. The Morgan fingerprint density at radius 3 is 1.48 bits per heavy atom. The molecule has 1 aromatic carbocycles. The van der Waals surface area contributed by atoms with Gasteiger partial charge >= 0.3 is 35.8 Å². The first-order valence-electron chi connectivity index (χ1n) is 12.3. The summed E-state index contributed by atoms with van der Waals surface area (Å²) in [6.07, 6.45) is 0. The summed E-state index contributed by atoms with van der Waals surface area (Å²) in [5.74, 6) is -4.28. The number of hydrogen-bond donors (Lipinski definition) is 0. The molecule has 0 unspecified atom stereocenters. The van der Waals surface area contributed by atoms with Crippen LogP contribution in [-0.4, -0.2) is 136 Å². The third kappa shape index (κ3) is 11.6. The van der Waals surface area contributed by atoms with Crippen molar-refractivity contribution >= 4 is 41.5 Å². The molecule has 0 spiro atoms. The van der Waals surface area contributed by atoms with Crippen molar-refractivity contribution in [3.8, 4) is 5.75 Å². The van der Waals surface area contributed by atoms with Crippen molar-refractivity contribution in [1.29, 1.82) is 0 Å². The molecule has 0 amide bonds. The van der Waals surface area contributed by atoms with Gasteiger partial charge in [0.15, 0.2) is 0 Å². The van der Waals surface area contributed by atoms with Gasteiger partial charge < -0.3 is 42.8 Å². The molecule has 0 fully saturated rings. The lowest BCUT2D eigenvalue weighted by Crippen LogP contribution is -2.38. The monoisotopic (exact) mass is 600 g/mol. The molecule has 0 aliphatic rings. The van der Waals surface area contributed by atoms with Crippen molar-refractivity contribution in [2.24, 2.45) is 0 Å². The van der Waals surface area contributed by atoms with Crippen LogP contribution in [0.3, 0.4) is 0 Å². The summed E-state index contributed by atoms with van der Waals surface area (Å²) in [5.41, 5.74) is -0.332. The van der Waals surface area contributed by atoms with Gasteiger partial charge in [0.1, 0.15) is 25.4 Å². The predicted molar refractivity (Wildman–Crippen MR) is 142 cm³/mol.